The average Bonchev–Trinajstić information content (AvgIpc) is 3.04. The van der Waals surface area contributed by atoms with Crippen LogP contribution < -0.4 is 4.72 Å². The first-order valence-electron chi connectivity index (χ1n) is 6.70. The topological polar surface area (TPSA) is 76.9 Å². The number of pyridine rings is 1. The molecule has 0 bridgehead atoms. The fraction of sp³-hybridized carbons (Fsp3) is 0.0667. The summed E-state index contributed by atoms with van der Waals surface area (Å²) >= 11 is 0. The van der Waals surface area contributed by atoms with E-state index < -0.39 is 15.8 Å². The zero-order chi connectivity index (χ0) is 16.4. The van der Waals surface area contributed by atoms with Gasteiger partial charge in [-0.2, -0.15) is 5.10 Å². The lowest BCUT2D eigenvalue weighted by Crippen LogP contribution is -2.15. The highest BCUT2D eigenvalue weighted by molar-refractivity contribution is 7.92. The van der Waals surface area contributed by atoms with Gasteiger partial charge in [-0.05, 0) is 42.8 Å². The largest absolute Gasteiger partial charge is 0.276 e. The predicted octanol–water partition coefficient (Wildman–Crippen LogP) is 2.52. The third kappa shape index (κ3) is 3.07. The molecule has 0 aliphatic rings. The van der Waals surface area contributed by atoms with Crippen molar-refractivity contribution >= 4 is 15.7 Å². The molecular formula is C15H13FN4O2S. The van der Waals surface area contributed by atoms with Gasteiger partial charge >= 0.3 is 0 Å². The summed E-state index contributed by atoms with van der Waals surface area (Å²) in [6, 6.07) is 6.99. The van der Waals surface area contributed by atoms with Crippen LogP contribution >= 0.6 is 0 Å². The van der Waals surface area contributed by atoms with Gasteiger partial charge in [-0.1, -0.05) is 0 Å². The molecule has 8 heteroatoms. The van der Waals surface area contributed by atoms with E-state index in [9.17, 15) is 12.8 Å². The van der Waals surface area contributed by atoms with Crippen LogP contribution in [0.1, 0.15) is 5.56 Å². The van der Waals surface area contributed by atoms with Crippen LogP contribution in [-0.4, -0.2) is 23.2 Å². The number of hydrogen-bond acceptors (Lipinski definition) is 4. The molecule has 3 rings (SSSR count). The molecule has 0 amide bonds. The second-order valence-electron chi connectivity index (χ2n) is 4.86. The van der Waals surface area contributed by atoms with Crippen LogP contribution in [0.2, 0.25) is 0 Å². The Morgan fingerprint density at radius 1 is 1.22 bits per heavy atom. The number of sulfonamides is 1. The molecule has 0 atom stereocenters. The van der Waals surface area contributed by atoms with Gasteiger partial charge in [0, 0.05) is 18.6 Å². The van der Waals surface area contributed by atoms with Gasteiger partial charge in [0.1, 0.15) is 5.82 Å². The van der Waals surface area contributed by atoms with Crippen LogP contribution in [0.4, 0.5) is 10.1 Å². The van der Waals surface area contributed by atoms with Crippen molar-refractivity contribution in [3.05, 3.63) is 66.5 Å². The molecule has 1 N–H and O–H groups in total. The molecule has 2 aromatic heterocycles. The van der Waals surface area contributed by atoms with Crippen LogP contribution in [0.3, 0.4) is 0 Å². The maximum absolute atomic E-state index is 13.3. The molecule has 0 fully saturated rings. The van der Waals surface area contributed by atoms with E-state index in [1.807, 2.05) is 0 Å². The van der Waals surface area contributed by atoms with Crippen LogP contribution in [-0.2, 0) is 10.0 Å². The Morgan fingerprint density at radius 2 is 2.04 bits per heavy atom. The standard InChI is InChI=1S/C15H13FN4O2S/c1-11-9-12(3-4-13(11)16)23(21,22)19-14-10-17-7-5-15(14)20-8-2-6-18-20/h2-10,19H,1H3. The van der Waals surface area contributed by atoms with E-state index >= 15 is 0 Å². The van der Waals surface area contributed by atoms with E-state index in [4.69, 9.17) is 0 Å². The summed E-state index contributed by atoms with van der Waals surface area (Å²) < 4.78 is 42.3. The van der Waals surface area contributed by atoms with Gasteiger partial charge in [-0.25, -0.2) is 17.5 Å². The van der Waals surface area contributed by atoms with E-state index in [1.54, 1.807) is 24.5 Å². The molecule has 2 heterocycles. The molecule has 3 aromatic rings. The first kappa shape index (κ1) is 15.2. The molecule has 0 aliphatic carbocycles. The highest BCUT2D eigenvalue weighted by atomic mass is 32.2. The van der Waals surface area contributed by atoms with Gasteiger partial charge in [-0.3, -0.25) is 9.71 Å². The summed E-state index contributed by atoms with van der Waals surface area (Å²) in [5.74, 6) is -0.456. The number of halogens is 1. The lowest BCUT2D eigenvalue weighted by atomic mass is 10.2. The predicted molar refractivity (Wildman–Crippen MR) is 83.3 cm³/mol. The van der Waals surface area contributed by atoms with E-state index in [-0.39, 0.29) is 16.1 Å². The minimum atomic E-state index is -3.86. The molecule has 0 saturated carbocycles. The van der Waals surface area contributed by atoms with Crippen molar-refractivity contribution in [1.82, 2.24) is 14.8 Å². The van der Waals surface area contributed by atoms with Gasteiger partial charge < -0.3 is 0 Å². The van der Waals surface area contributed by atoms with Crippen LogP contribution in [0.5, 0.6) is 0 Å². The molecular weight excluding hydrogens is 319 g/mol. The summed E-state index contributed by atoms with van der Waals surface area (Å²) in [6.07, 6.45) is 6.21. The minimum absolute atomic E-state index is 0.0216. The maximum Gasteiger partial charge on any atom is 0.262 e. The Kier molecular flexibility index (Phi) is 3.83. The van der Waals surface area contributed by atoms with E-state index in [0.29, 0.717) is 5.69 Å². The average molecular weight is 332 g/mol. The zero-order valence-electron chi connectivity index (χ0n) is 12.1. The molecule has 0 aliphatic heterocycles. The van der Waals surface area contributed by atoms with Gasteiger partial charge in [0.05, 0.1) is 22.5 Å². The molecule has 0 spiro atoms. The smallest absolute Gasteiger partial charge is 0.262 e. The van der Waals surface area contributed by atoms with E-state index in [1.165, 1.54) is 36.1 Å². The molecule has 1 aromatic carbocycles. The first-order chi connectivity index (χ1) is 11.0. The number of aryl methyl sites for hydroxylation is 1. The number of nitrogens with one attached hydrogen (secondary N) is 1. The number of rotatable bonds is 4. The Hall–Kier alpha value is -2.74. The number of aromatic nitrogens is 3. The Bertz CT molecular complexity index is 940. The van der Waals surface area contributed by atoms with Crippen molar-refractivity contribution in [1.29, 1.82) is 0 Å². The van der Waals surface area contributed by atoms with Gasteiger partial charge in [0.15, 0.2) is 0 Å². The summed E-state index contributed by atoms with van der Waals surface area (Å²) in [5.41, 5.74) is 1.07. The molecule has 118 valence electrons. The van der Waals surface area contributed by atoms with Crippen molar-refractivity contribution in [3.8, 4) is 5.69 Å². The number of nitrogens with zero attached hydrogens (tertiary/aromatic N) is 3. The third-order valence-corrected chi connectivity index (χ3v) is 4.60. The Morgan fingerprint density at radius 3 is 2.74 bits per heavy atom. The molecule has 6 nitrogen and oxygen atoms in total. The van der Waals surface area contributed by atoms with Gasteiger partial charge in [-0.15, -0.1) is 0 Å². The molecule has 23 heavy (non-hydrogen) atoms. The summed E-state index contributed by atoms with van der Waals surface area (Å²) in [7, 11) is -3.86. The van der Waals surface area contributed by atoms with Crippen molar-refractivity contribution in [2.24, 2.45) is 0 Å². The minimum Gasteiger partial charge on any atom is -0.276 e. The lowest BCUT2D eigenvalue weighted by molar-refractivity contribution is 0.598. The number of anilines is 1. The molecule has 0 unspecified atom stereocenters. The second-order valence-corrected chi connectivity index (χ2v) is 6.54. The number of benzene rings is 1. The van der Waals surface area contributed by atoms with Crippen molar-refractivity contribution < 1.29 is 12.8 Å². The summed E-state index contributed by atoms with van der Waals surface area (Å²) in [6.45, 7) is 1.51. The van der Waals surface area contributed by atoms with Crippen molar-refractivity contribution in [3.63, 3.8) is 0 Å². The van der Waals surface area contributed by atoms with Crippen LogP contribution in [0, 0.1) is 12.7 Å². The van der Waals surface area contributed by atoms with E-state index in [0.717, 1.165) is 6.07 Å². The van der Waals surface area contributed by atoms with Gasteiger partial charge in [0.25, 0.3) is 10.0 Å². The van der Waals surface area contributed by atoms with E-state index in [2.05, 4.69) is 14.8 Å². The highest BCUT2D eigenvalue weighted by Gasteiger charge is 2.18. The highest BCUT2D eigenvalue weighted by Crippen LogP contribution is 2.22. The SMILES string of the molecule is Cc1cc(S(=O)(=O)Nc2cnccc2-n2cccn2)ccc1F. The summed E-state index contributed by atoms with van der Waals surface area (Å²) in [4.78, 5) is 3.92. The third-order valence-electron chi connectivity index (χ3n) is 3.23. The Labute approximate surface area is 132 Å². The Balaban J connectivity index is 2.00. The summed E-state index contributed by atoms with van der Waals surface area (Å²) in [5, 5.41) is 4.08. The van der Waals surface area contributed by atoms with Gasteiger partial charge in [0.2, 0.25) is 0 Å². The van der Waals surface area contributed by atoms with Crippen LogP contribution in [0.15, 0.2) is 60.0 Å². The molecule has 0 radical (unpaired) electrons. The normalized spacial score (nSPS) is 11.4. The quantitative estimate of drug-likeness (QED) is 0.796. The zero-order valence-corrected chi connectivity index (χ0v) is 13.0. The lowest BCUT2D eigenvalue weighted by Gasteiger charge is -2.12. The fourth-order valence-corrected chi connectivity index (χ4v) is 3.21. The first-order valence-corrected chi connectivity index (χ1v) is 8.19. The number of hydrogen-bond donors (Lipinski definition) is 1. The van der Waals surface area contributed by atoms with Crippen molar-refractivity contribution in [2.45, 2.75) is 11.8 Å². The molecule has 0 saturated heterocycles. The second kappa shape index (κ2) is 5.81. The monoisotopic (exact) mass is 332 g/mol. The fourth-order valence-electron chi connectivity index (χ4n) is 2.06. The van der Waals surface area contributed by atoms with Crippen molar-refractivity contribution in [2.75, 3.05) is 4.72 Å². The maximum atomic E-state index is 13.3. The van der Waals surface area contributed by atoms with Crippen LogP contribution in [0.25, 0.3) is 5.69 Å².